The van der Waals surface area contributed by atoms with Crippen LogP contribution in [0.2, 0.25) is 10.0 Å². The highest BCUT2D eigenvalue weighted by Crippen LogP contribution is 2.34. The van der Waals surface area contributed by atoms with E-state index in [2.05, 4.69) is 0 Å². The van der Waals surface area contributed by atoms with Crippen molar-refractivity contribution in [1.29, 1.82) is 0 Å². The third-order valence-electron chi connectivity index (χ3n) is 2.48. The first-order valence-corrected chi connectivity index (χ1v) is 5.68. The molecule has 5 heteroatoms. The summed E-state index contributed by atoms with van der Waals surface area (Å²) in [5.74, 6) is -1.93. The molecule has 0 aromatic heterocycles. The lowest BCUT2D eigenvalue weighted by Crippen LogP contribution is -1.90. The van der Waals surface area contributed by atoms with Gasteiger partial charge in [-0.15, -0.1) is 0 Å². The van der Waals surface area contributed by atoms with Crippen LogP contribution in [0.3, 0.4) is 0 Å². The first-order valence-electron chi connectivity index (χ1n) is 4.93. The number of rotatable bonds is 2. The molecule has 0 aliphatic carbocycles. The summed E-state index contributed by atoms with van der Waals surface area (Å²) in [6.07, 6.45) is 0.522. The van der Waals surface area contributed by atoms with Gasteiger partial charge in [0.15, 0.2) is 17.9 Å². The van der Waals surface area contributed by atoms with Crippen molar-refractivity contribution in [2.45, 2.75) is 0 Å². The topological polar surface area (TPSA) is 17.1 Å². The lowest BCUT2D eigenvalue weighted by Gasteiger charge is -2.08. The molecule has 18 heavy (non-hydrogen) atoms. The molecular weight excluding hydrogens is 281 g/mol. The number of benzene rings is 2. The third-order valence-corrected chi connectivity index (χ3v) is 3.21. The maximum atomic E-state index is 13.1. The first-order chi connectivity index (χ1) is 8.54. The third kappa shape index (κ3) is 2.24. The van der Waals surface area contributed by atoms with Crippen molar-refractivity contribution >= 4 is 29.5 Å². The van der Waals surface area contributed by atoms with E-state index in [9.17, 15) is 13.6 Å². The quantitative estimate of drug-likeness (QED) is 0.728. The average Bonchev–Trinajstić information content (AvgIpc) is 2.34. The van der Waals surface area contributed by atoms with Crippen LogP contribution in [-0.2, 0) is 0 Å². The Morgan fingerprint density at radius 1 is 1.00 bits per heavy atom. The molecule has 0 N–H and O–H groups in total. The fraction of sp³-hybridized carbons (Fsp3) is 0. The van der Waals surface area contributed by atoms with E-state index in [0.717, 1.165) is 12.1 Å². The highest BCUT2D eigenvalue weighted by Gasteiger charge is 2.13. The van der Waals surface area contributed by atoms with E-state index in [1.807, 2.05) is 0 Å². The standard InChI is InChI=1S/C13H6Cl2F2O/c14-10-3-2-8(13(15)9(10)6-18)7-1-4-11(16)12(17)5-7/h1-6H. The van der Waals surface area contributed by atoms with E-state index < -0.39 is 11.6 Å². The van der Waals surface area contributed by atoms with Crippen molar-refractivity contribution in [3.05, 3.63) is 57.6 Å². The van der Waals surface area contributed by atoms with Gasteiger partial charge >= 0.3 is 0 Å². The van der Waals surface area contributed by atoms with E-state index in [1.54, 1.807) is 6.07 Å². The van der Waals surface area contributed by atoms with Gasteiger partial charge in [0.05, 0.1) is 15.6 Å². The molecule has 0 unspecified atom stereocenters. The highest BCUT2D eigenvalue weighted by molar-refractivity contribution is 6.40. The molecule has 0 aliphatic rings. The molecular formula is C13H6Cl2F2O. The molecule has 0 spiro atoms. The minimum atomic E-state index is -0.980. The fourth-order valence-electron chi connectivity index (χ4n) is 1.56. The van der Waals surface area contributed by atoms with E-state index in [1.165, 1.54) is 12.1 Å². The molecule has 0 saturated carbocycles. The van der Waals surface area contributed by atoms with Crippen LogP contribution in [0.5, 0.6) is 0 Å². The number of hydrogen-bond acceptors (Lipinski definition) is 1. The van der Waals surface area contributed by atoms with Gasteiger partial charge in [-0.1, -0.05) is 35.3 Å². The zero-order valence-corrected chi connectivity index (χ0v) is 10.4. The summed E-state index contributed by atoms with van der Waals surface area (Å²) in [5, 5.41) is 0.324. The van der Waals surface area contributed by atoms with Gasteiger partial charge in [0.25, 0.3) is 0 Å². The molecule has 0 amide bonds. The molecule has 0 saturated heterocycles. The minimum Gasteiger partial charge on any atom is -0.298 e. The molecule has 1 nitrogen and oxygen atoms in total. The van der Waals surface area contributed by atoms with Gasteiger partial charge in [0.2, 0.25) is 0 Å². The summed E-state index contributed by atoms with van der Waals surface area (Å²) in [7, 11) is 0. The van der Waals surface area contributed by atoms with Crippen molar-refractivity contribution in [2.24, 2.45) is 0 Å². The number of aldehydes is 1. The second-order valence-corrected chi connectivity index (χ2v) is 4.35. The van der Waals surface area contributed by atoms with Gasteiger partial charge in [-0.2, -0.15) is 0 Å². The first kappa shape index (κ1) is 13.0. The molecule has 0 aliphatic heterocycles. The summed E-state index contributed by atoms with van der Waals surface area (Å²) >= 11 is 11.8. The summed E-state index contributed by atoms with van der Waals surface area (Å²) in [6.45, 7) is 0. The van der Waals surface area contributed by atoms with Crippen molar-refractivity contribution < 1.29 is 13.6 Å². The predicted molar refractivity (Wildman–Crippen MR) is 67.2 cm³/mol. The maximum absolute atomic E-state index is 13.1. The van der Waals surface area contributed by atoms with Crippen LogP contribution >= 0.6 is 23.2 Å². The second-order valence-electron chi connectivity index (χ2n) is 3.57. The lowest BCUT2D eigenvalue weighted by molar-refractivity contribution is 0.112. The van der Waals surface area contributed by atoms with Crippen molar-refractivity contribution in [3.8, 4) is 11.1 Å². The minimum absolute atomic E-state index is 0.114. The smallest absolute Gasteiger partial charge is 0.159 e. The zero-order chi connectivity index (χ0) is 13.3. The molecule has 92 valence electrons. The Morgan fingerprint density at radius 3 is 2.33 bits per heavy atom. The Bertz CT molecular complexity index is 627. The molecule has 2 aromatic carbocycles. The van der Waals surface area contributed by atoms with Crippen LogP contribution in [0.15, 0.2) is 30.3 Å². The van der Waals surface area contributed by atoms with Gasteiger partial charge in [-0.05, 0) is 23.8 Å². The molecule has 0 radical (unpaired) electrons. The fourth-order valence-corrected chi connectivity index (χ4v) is 2.13. The molecule has 0 bridgehead atoms. The van der Waals surface area contributed by atoms with Gasteiger partial charge in [0, 0.05) is 5.56 Å². The molecule has 0 heterocycles. The predicted octanol–water partition coefficient (Wildman–Crippen LogP) is 4.75. The summed E-state index contributed by atoms with van der Waals surface area (Å²) < 4.78 is 26.0. The van der Waals surface area contributed by atoms with E-state index >= 15 is 0 Å². The largest absolute Gasteiger partial charge is 0.298 e. The number of carbonyl (C=O) groups is 1. The maximum Gasteiger partial charge on any atom is 0.159 e. The SMILES string of the molecule is O=Cc1c(Cl)ccc(-c2ccc(F)c(F)c2)c1Cl. The van der Waals surface area contributed by atoms with Crippen molar-refractivity contribution in [1.82, 2.24) is 0 Å². The molecule has 2 rings (SSSR count). The molecule has 2 aromatic rings. The van der Waals surface area contributed by atoms with Gasteiger partial charge in [0.1, 0.15) is 0 Å². The Morgan fingerprint density at radius 2 is 1.72 bits per heavy atom. The van der Waals surface area contributed by atoms with Gasteiger partial charge in [-0.25, -0.2) is 8.78 Å². The number of hydrogen-bond donors (Lipinski definition) is 0. The number of halogens is 4. The van der Waals surface area contributed by atoms with Crippen LogP contribution < -0.4 is 0 Å². The van der Waals surface area contributed by atoms with E-state index in [4.69, 9.17) is 23.2 Å². The zero-order valence-electron chi connectivity index (χ0n) is 8.88. The summed E-state index contributed by atoms with van der Waals surface area (Å²) in [4.78, 5) is 10.8. The summed E-state index contributed by atoms with van der Waals surface area (Å²) in [5.41, 5.74) is 0.918. The second kappa shape index (κ2) is 5.04. The van der Waals surface area contributed by atoms with Crippen molar-refractivity contribution in [2.75, 3.05) is 0 Å². The Balaban J connectivity index is 2.64. The monoisotopic (exact) mass is 286 g/mol. The number of carbonyl (C=O) groups excluding carboxylic acids is 1. The molecule has 0 atom stereocenters. The summed E-state index contributed by atoms with van der Waals surface area (Å²) in [6, 6.07) is 6.41. The van der Waals surface area contributed by atoms with Crippen molar-refractivity contribution in [3.63, 3.8) is 0 Å². The molecule has 0 fully saturated rings. The Labute approximate surface area is 112 Å². The van der Waals surface area contributed by atoms with Crippen LogP contribution in [0.4, 0.5) is 8.78 Å². The van der Waals surface area contributed by atoms with Crippen LogP contribution in [0, 0.1) is 11.6 Å². The Kier molecular flexibility index (Phi) is 3.64. The van der Waals surface area contributed by atoms with E-state index in [-0.39, 0.29) is 15.6 Å². The highest BCUT2D eigenvalue weighted by atomic mass is 35.5. The normalized spacial score (nSPS) is 10.4. The van der Waals surface area contributed by atoms with E-state index in [0.29, 0.717) is 17.4 Å². The van der Waals surface area contributed by atoms with Gasteiger partial charge in [-0.3, -0.25) is 4.79 Å². The van der Waals surface area contributed by atoms with Crippen LogP contribution in [0.1, 0.15) is 10.4 Å². The van der Waals surface area contributed by atoms with Gasteiger partial charge < -0.3 is 0 Å². The van der Waals surface area contributed by atoms with Crippen LogP contribution in [0.25, 0.3) is 11.1 Å². The average molecular weight is 287 g/mol. The Hall–Kier alpha value is -1.45. The van der Waals surface area contributed by atoms with Crippen LogP contribution in [-0.4, -0.2) is 6.29 Å². The lowest BCUT2D eigenvalue weighted by atomic mass is 10.0.